The van der Waals surface area contributed by atoms with Gasteiger partial charge in [0.1, 0.15) is 5.82 Å². The zero-order valence-corrected chi connectivity index (χ0v) is 13.1. The zero-order chi connectivity index (χ0) is 15.2. The lowest BCUT2D eigenvalue weighted by atomic mass is 9.63. The number of nitrogens with one attached hydrogen (secondary N) is 1. The maximum Gasteiger partial charge on any atom is 0.225 e. The average molecular weight is 320 g/mol. The smallest absolute Gasteiger partial charge is 0.225 e. The zero-order valence-electron chi connectivity index (χ0n) is 12.3. The van der Waals surface area contributed by atoms with E-state index >= 15 is 0 Å². The summed E-state index contributed by atoms with van der Waals surface area (Å²) < 4.78 is 6.89. The molecule has 4 N–H and O–H groups in total. The number of hydrogen-bond donors (Lipinski definition) is 3. The Labute approximate surface area is 132 Å². The lowest BCUT2D eigenvalue weighted by Crippen LogP contribution is -2.49. The van der Waals surface area contributed by atoms with Gasteiger partial charge in [0.15, 0.2) is 0 Å². The predicted molar refractivity (Wildman–Crippen MR) is 87.0 cm³/mol. The molecule has 2 aromatic rings. The van der Waals surface area contributed by atoms with E-state index in [0.29, 0.717) is 18.3 Å². The van der Waals surface area contributed by atoms with Crippen LogP contribution in [0.5, 0.6) is 0 Å². The molecule has 1 saturated carbocycles. The standard InChI is InChI=1S/C15H20N4O2S/c16-13-12-11(2-4-22-12)18-14(19-13)17-7-10-1-3-15(8-21-10)5-9(20)6-15/h2,4,9-10,20H,1,3,5-8H2,(H3,16,17,18,19). The first-order valence-electron chi connectivity index (χ1n) is 7.68. The molecule has 22 heavy (non-hydrogen) atoms. The summed E-state index contributed by atoms with van der Waals surface area (Å²) in [6.45, 7) is 1.44. The Hall–Kier alpha value is -1.44. The first kappa shape index (κ1) is 14.2. The van der Waals surface area contributed by atoms with Gasteiger partial charge in [-0.05, 0) is 42.5 Å². The second-order valence-electron chi connectivity index (χ2n) is 6.48. The quantitative estimate of drug-likeness (QED) is 0.801. The molecule has 6 nitrogen and oxygen atoms in total. The SMILES string of the molecule is Nc1nc(NCC2CCC3(CO2)CC(O)C3)nc2ccsc12. The Morgan fingerprint density at radius 1 is 1.45 bits per heavy atom. The van der Waals surface area contributed by atoms with Crippen molar-refractivity contribution >= 4 is 33.3 Å². The van der Waals surface area contributed by atoms with Crippen LogP contribution in [0.4, 0.5) is 11.8 Å². The number of nitrogens with two attached hydrogens (primary N) is 1. The summed E-state index contributed by atoms with van der Waals surface area (Å²) in [5, 5.41) is 14.7. The highest BCUT2D eigenvalue weighted by Crippen LogP contribution is 2.47. The summed E-state index contributed by atoms with van der Waals surface area (Å²) in [4.78, 5) is 8.77. The molecular formula is C15H20N4O2S. The third-order valence-corrected chi connectivity index (χ3v) is 5.70. The number of hydrogen-bond acceptors (Lipinski definition) is 7. The third-order valence-electron chi connectivity index (χ3n) is 4.78. The van der Waals surface area contributed by atoms with Gasteiger partial charge in [-0.2, -0.15) is 4.98 Å². The van der Waals surface area contributed by atoms with E-state index in [1.54, 1.807) is 11.3 Å². The second-order valence-corrected chi connectivity index (χ2v) is 7.40. The Bertz CT molecular complexity index is 673. The van der Waals surface area contributed by atoms with Crippen molar-refractivity contribution in [2.75, 3.05) is 24.2 Å². The van der Waals surface area contributed by atoms with Crippen LogP contribution in [0.2, 0.25) is 0 Å². The van der Waals surface area contributed by atoms with Gasteiger partial charge in [0, 0.05) is 6.54 Å². The van der Waals surface area contributed by atoms with E-state index in [9.17, 15) is 5.11 Å². The minimum absolute atomic E-state index is 0.119. The molecule has 0 amide bonds. The van der Waals surface area contributed by atoms with Gasteiger partial charge in [0.05, 0.1) is 29.0 Å². The number of nitrogen functional groups attached to an aromatic ring is 1. The van der Waals surface area contributed by atoms with Gasteiger partial charge in [0.25, 0.3) is 0 Å². The number of aliphatic hydroxyl groups is 1. The fourth-order valence-electron chi connectivity index (χ4n) is 3.51. The summed E-state index contributed by atoms with van der Waals surface area (Å²) >= 11 is 1.55. The molecule has 1 spiro atoms. The number of aromatic nitrogens is 2. The number of nitrogens with zero attached hydrogens (tertiary/aromatic N) is 2. The van der Waals surface area contributed by atoms with Gasteiger partial charge in [0.2, 0.25) is 5.95 Å². The van der Waals surface area contributed by atoms with Crippen LogP contribution < -0.4 is 11.1 Å². The van der Waals surface area contributed by atoms with E-state index in [2.05, 4.69) is 15.3 Å². The van der Waals surface area contributed by atoms with E-state index < -0.39 is 0 Å². The molecule has 2 fully saturated rings. The van der Waals surface area contributed by atoms with Crippen molar-refractivity contribution in [1.29, 1.82) is 0 Å². The van der Waals surface area contributed by atoms with Crippen LogP contribution in [0.15, 0.2) is 11.4 Å². The minimum Gasteiger partial charge on any atom is -0.393 e. The summed E-state index contributed by atoms with van der Waals surface area (Å²) in [5.41, 5.74) is 7.07. The van der Waals surface area contributed by atoms with Crippen molar-refractivity contribution in [3.05, 3.63) is 11.4 Å². The monoisotopic (exact) mass is 320 g/mol. The van der Waals surface area contributed by atoms with E-state index in [1.165, 1.54) is 0 Å². The molecular weight excluding hydrogens is 300 g/mol. The van der Waals surface area contributed by atoms with Crippen LogP contribution in [0, 0.1) is 5.41 Å². The molecule has 1 atom stereocenters. The molecule has 4 rings (SSSR count). The molecule has 3 heterocycles. The lowest BCUT2D eigenvalue weighted by molar-refractivity contribution is -0.137. The maximum atomic E-state index is 9.48. The Morgan fingerprint density at radius 3 is 3.05 bits per heavy atom. The van der Waals surface area contributed by atoms with Crippen molar-refractivity contribution < 1.29 is 9.84 Å². The van der Waals surface area contributed by atoms with E-state index in [-0.39, 0.29) is 17.6 Å². The van der Waals surface area contributed by atoms with Gasteiger partial charge >= 0.3 is 0 Å². The number of aliphatic hydroxyl groups excluding tert-OH is 1. The summed E-state index contributed by atoms with van der Waals surface area (Å²) in [7, 11) is 0. The van der Waals surface area contributed by atoms with Crippen LogP contribution in [0.1, 0.15) is 25.7 Å². The predicted octanol–water partition coefficient (Wildman–Crippen LogP) is 2.01. The van der Waals surface area contributed by atoms with Gasteiger partial charge in [-0.15, -0.1) is 11.3 Å². The van der Waals surface area contributed by atoms with Crippen molar-refractivity contribution in [2.24, 2.45) is 5.41 Å². The summed E-state index contributed by atoms with van der Waals surface area (Å²) in [5.74, 6) is 1.08. The van der Waals surface area contributed by atoms with Crippen molar-refractivity contribution in [1.82, 2.24) is 9.97 Å². The molecule has 2 aliphatic rings. The first-order valence-corrected chi connectivity index (χ1v) is 8.56. The number of fused-ring (bicyclic) bond motifs is 1. The lowest BCUT2D eigenvalue weighted by Gasteiger charge is -2.49. The molecule has 1 aliphatic carbocycles. The van der Waals surface area contributed by atoms with Gasteiger partial charge in [-0.25, -0.2) is 4.98 Å². The van der Waals surface area contributed by atoms with E-state index in [0.717, 1.165) is 42.5 Å². The van der Waals surface area contributed by atoms with Crippen molar-refractivity contribution in [3.63, 3.8) is 0 Å². The maximum absolute atomic E-state index is 9.48. The Kier molecular flexibility index (Phi) is 3.43. The number of anilines is 2. The van der Waals surface area contributed by atoms with Crippen LogP contribution in [0.3, 0.4) is 0 Å². The van der Waals surface area contributed by atoms with Crippen molar-refractivity contribution in [3.8, 4) is 0 Å². The Morgan fingerprint density at radius 2 is 2.32 bits per heavy atom. The highest BCUT2D eigenvalue weighted by molar-refractivity contribution is 7.17. The molecule has 0 bridgehead atoms. The fraction of sp³-hybridized carbons (Fsp3) is 0.600. The third kappa shape index (κ3) is 2.53. The van der Waals surface area contributed by atoms with Crippen LogP contribution in [-0.2, 0) is 4.74 Å². The summed E-state index contributed by atoms with van der Waals surface area (Å²) in [6.07, 6.45) is 3.97. The molecule has 7 heteroatoms. The molecule has 0 aromatic carbocycles. The minimum atomic E-state index is -0.119. The number of ether oxygens (including phenoxy) is 1. The second kappa shape index (κ2) is 5.33. The van der Waals surface area contributed by atoms with Crippen LogP contribution in [-0.4, -0.2) is 40.4 Å². The Balaban J connectivity index is 1.34. The van der Waals surface area contributed by atoms with E-state index in [1.807, 2.05) is 11.4 Å². The normalized spacial score (nSPS) is 31.3. The molecule has 1 aliphatic heterocycles. The van der Waals surface area contributed by atoms with Gasteiger partial charge in [-0.1, -0.05) is 0 Å². The molecule has 2 aromatic heterocycles. The number of rotatable bonds is 3. The topological polar surface area (TPSA) is 93.3 Å². The molecule has 118 valence electrons. The highest BCUT2D eigenvalue weighted by atomic mass is 32.1. The number of thiophene rings is 1. The first-order chi connectivity index (χ1) is 10.6. The average Bonchev–Trinajstić information content (AvgIpc) is 2.94. The van der Waals surface area contributed by atoms with Gasteiger partial charge in [-0.3, -0.25) is 0 Å². The van der Waals surface area contributed by atoms with Crippen molar-refractivity contribution in [2.45, 2.75) is 37.9 Å². The molecule has 1 saturated heterocycles. The molecule has 1 unspecified atom stereocenters. The largest absolute Gasteiger partial charge is 0.393 e. The van der Waals surface area contributed by atoms with Crippen LogP contribution >= 0.6 is 11.3 Å². The van der Waals surface area contributed by atoms with E-state index in [4.69, 9.17) is 10.5 Å². The highest BCUT2D eigenvalue weighted by Gasteiger charge is 2.46. The fourth-order valence-corrected chi connectivity index (χ4v) is 4.24. The van der Waals surface area contributed by atoms with Crippen LogP contribution in [0.25, 0.3) is 10.2 Å². The molecule has 0 radical (unpaired) electrons. The van der Waals surface area contributed by atoms with Gasteiger partial charge < -0.3 is 20.9 Å². The summed E-state index contributed by atoms with van der Waals surface area (Å²) in [6, 6.07) is 1.95.